The maximum Gasteiger partial charge on any atom is 0.214 e. The Morgan fingerprint density at radius 2 is 2.31 bits per heavy atom. The lowest BCUT2D eigenvalue weighted by Crippen LogP contribution is -2.03. The molecule has 0 bridgehead atoms. The SMILES string of the molecule is C=C(C)C(=O)SCC1SCC(CCCC)S1. The normalized spacial score (nSPS) is 24.6. The summed E-state index contributed by atoms with van der Waals surface area (Å²) in [6.45, 7) is 7.70. The van der Waals surface area contributed by atoms with E-state index in [1.54, 1.807) is 6.92 Å². The number of thioether (sulfide) groups is 3. The lowest BCUT2D eigenvalue weighted by molar-refractivity contribution is -0.107. The number of hydrogen-bond acceptors (Lipinski definition) is 4. The number of rotatable bonds is 6. The van der Waals surface area contributed by atoms with Crippen molar-refractivity contribution in [3.05, 3.63) is 12.2 Å². The molecule has 92 valence electrons. The van der Waals surface area contributed by atoms with Gasteiger partial charge in [0.2, 0.25) is 5.12 Å². The Kier molecular flexibility index (Phi) is 7.01. The Morgan fingerprint density at radius 1 is 1.56 bits per heavy atom. The summed E-state index contributed by atoms with van der Waals surface area (Å²) >= 11 is 5.51. The quantitative estimate of drug-likeness (QED) is 0.676. The van der Waals surface area contributed by atoms with Crippen LogP contribution < -0.4 is 0 Å². The van der Waals surface area contributed by atoms with Crippen molar-refractivity contribution in [1.82, 2.24) is 0 Å². The van der Waals surface area contributed by atoms with Gasteiger partial charge in [0.05, 0.1) is 4.58 Å². The van der Waals surface area contributed by atoms with E-state index in [2.05, 4.69) is 25.3 Å². The molecule has 4 heteroatoms. The highest BCUT2D eigenvalue weighted by molar-refractivity contribution is 8.22. The summed E-state index contributed by atoms with van der Waals surface area (Å²) in [4.78, 5) is 11.4. The second-order valence-corrected chi connectivity index (χ2v) is 8.08. The van der Waals surface area contributed by atoms with Gasteiger partial charge in [-0.1, -0.05) is 38.1 Å². The molecule has 0 aromatic heterocycles. The highest BCUT2D eigenvalue weighted by atomic mass is 32.2. The minimum absolute atomic E-state index is 0.151. The molecule has 0 aromatic rings. The van der Waals surface area contributed by atoms with E-state index in [4.69, 9.17) is 0 Å². The van der Waals surface area contributed by atoms with Crippen LogP contribution in [0.1, 0.15) is 33.1 Å². The molecule has 1 aliphatic rings. The molecule has 2 atom stereocenters. The first-order chi connectivity index (χ1) is 7.63. The van der Waals surface area contributed by atoms with Crippen LogP contribution in [0.15, 0.2) is 12.2 Å². The van der Waals surface area contributed by atoms with Crippen molar-refractivity contribution >= 4 is 40.4 Å². The topological polar surface area (TPSA) is 17.1 Å². The summed E-state index contributed by atoms with van der Waals surface area (Å²) in [7, 11) is 0. The first-order valence-corrected chi connectivity index (χ1v) is 8.71. The van der Waals surface area contributed by atoms with Gasteiger partial charge in [0.15, 0.2) is 0 Å². The van der Waals surface area contributed by atoms with Crippen molar-refractivity contribution < 1.29 is 4.79 Å². The zero-order chi connectivity index (χ0) is 12.0. The zero-order valence-corrected chi connectivity index (χ0v) is 12.5. The lowest BCUT2D eigenvalue weighted by atomic mass is 10.2. The van der Waals surface area contributed by atoms with Gasteiger partial charge in [0.25, 0.3) is 0 Å². The van der Waals surface area contributed by atoms with Gasteiger partial charge in [0, 0.05) is 16.8 Å². The third-order valence-corrected chi connectivity index (χ3v) is 7.27. The average molecular weight is 276 g/mol. The molecular weight excluding hydrogens is 256 g/mol. The molecule has 1 aliphatic heterocycles. The summed E-state index contributed by atoms with van der Waals surface area (Å²) in [6, 6.07) is 0. The number of carbonyl (C=O) groups excluding carboxylic acids is 1. The van der Waals surface area contributed by atoms with Crippen LogP contribution in [-0.2, 0) is 4.79 Å². The molecule has 1 nitrogen and oxygen atoms in total. The van der Waals surface area contributed by atoms with Crippen molar-refractivity contribution in [3.63, 3.8) is 0 Å². The van der Waals surface area contributed by atoms with Crippen LogP contribution in [0.2, 0.25) is 0 Å². The smallest absolute Gasteiger partial charge is 0.214 e. The molecule has 0 aromatic carbocycles. The first-order valence-electron chi connectivity index (χ1n) is 5.73. The predicted octanol–water partition coefficient (Wildman–Crippen LogP) is 4.19. The lowest BCUT2D eigenvalue weighted by Gasteiger charge is -2.09. The van der Waals surface area contributed by atoms with Crippen LogP contribution in [0.3, 0.4) is 0 Å². The van der Waals surface area contributed by atoms with Crippen molar-refractivity contribution in [1.29, 1.82) is 0 Å². The highest BCUT2D eigenvalue weighted by Gasteiger charge is 2.25. The average Bonchev–Trinajstić information content (AvgIpc) is 2.70. The van der Waals surface area contributed by atoms with Crippen LogP contribution in [0.25, 0.3) is 0 Å². The third-order valence-electron chi connectivity index (χ3n) is 2.39. The van der Waals surface area contributed by atoms with Gasteiger partial charge in [-0.2, -0.15) is 0 Å². The summed E-state index contributed by atoms with van der Waals surface area (Å²) in [5.41, 5.74) is 0.667. The van der Waals surface area contributed by atoms with Gasteiger partial charge >= 0.3 is 0 Å². The Labute approximate surface area is 112 Å². The van der Waals surface area contributed by atoms with E-state index >= 15 is 0 Å². The summed E-state index contributed by atoms with van der Waals surface area (Å²) in [5.74, 6) is 2.20. The molecule has 0 aliphatic carbocycles. The summed E-state index contributed by atoms with van der Waals surface area (Å²) in [6.07, 6.45) is 3.96. The second kappa shape index (κ2) is 7.72. The van der Waals surface area contributed by atoms with Crippen LogP contribution >= 0.6 is 35.3 Å². The van der Waals surface area contributed by atoms with Crippen LogP contribution in [0.5, 0.6) is 0 Å². The molecule has 1 heterocycles. The molecule has 0 saturated carbocycles. The molecular formula is C12H20OS3. The van der Waals surface area contributed by atoms with Crippen LogP contribution in [0.4, 0.5) is 0 Å². The molecule has 0 N–H and O–H groups in total. The molecule has 1 saturated heterocycles. The fourth-order valence-electron chi connectivity index (χ4n) is 1.45. The number of hydrogen-bond donors (Lipinski definition) is 0. The fraction of sp³-hybridized carbons (Fsp3) is 0.750. The summed E-state index contributed by atoms with van der Waals surface area (Å²) < 4.78 is 0.607. The highest BCUT2D eigenvalue weighted by Crippen LogP contribution is 2.41. The molecule has 1 fully saturated rings. The molecule has 2 unspecified atom stereocenters. The minimum atomic E-state index is 0.151. The van der Waals surface area contributed by atoms with Crippen molar-refractivity contribution in [2.45, 2.75) is 42.9 Å². The Hall–Kier alpha value is 0.460. The monoisotopic (exact) mass is 276 g/mol. The zero-order valence-electron chi connectivity index (χ0n) is 10.0. The first kappa shape index (κ1) is 14.5. The maximum atomic E-state index is 11.4. The fourth-order valence-corrected chi connectivity index (χ4v) is 5.99. The van der Waals surface area contributed by atoms with Crippen LogP contribution in [0, 0.1) is 0 Å². The Balaban J connectivity index is 2.16. The van der Waals surface area contributed by atoms with Gasteiger partial charge in [0.1, 0.15) is 0 Å². The number of carbonyl (C=O) groups is 1. The van der Waals surface area contributed by atoms with Gasteiger partial charge < -0.3 is 0 Å². The van der Waals surface area contributed by atoms with Gasteiger partial charge in [-0.05, 0) is 18.9 Å². The van der Waals surface area contributed by atoms with Gasteiger partial charge in [-0.3, -0.25) is 4.79 Å². The molecule has 1 rings (SSSR count). The standard InChI is InChI=1S/C12H20OS3/c1-4-5-6-10-7-14-11(16-10)8-15-12(13)9(2)3/h10-11H,2,4-8H2,1,3H3. The molecule has 0 radical (unpaired) electrons. The van der Waals surface area contributed by atoms with E-state index in [-0.39, 0.29) is 5.12 Å². The number of unbranched alkanes of at least 4 members (excludes halogenated alkanes) is 1. The van der Waals surface area contributed by atoms with Crippen molar-refractivity contribution in [2.24, 2.45) is 0 Å². The van der Waals surface area contributed by atoms with E-state index in [0.717, 1.165) is 11.0 Å². The third kappa shape index (κ3) is 5.19. The van der Waals surface area contributed by atoms with Crippen molar-refractivity contribution in [2.75, 3.05) is 11.5 Å². The summed E-state index contributed by atoms with van der Waals surface area (Å²) in [5, 5.41) is 0.966. The minimum Gasteiger partial charge on any atom is -0.282 e. The second-order valence-electron chi connectivity index (χ2n) is 4.04. The van der Waals surface area contributed by atoms with Crippen molar-refractivity contribution in [3.8, 4) is 0 Å². The van der Waals surface area contributed by atoms with Gasteiger partial charge in [-0.25, -0.2) is 0 Å². The van der Waals surface area contributed by atoms with Crippen LogP contribution in [-0.4, -0.2) is 26.5 Å². The van der Waals surface area contributed by atoms with E-state index in [1.165, 1.54) is 36.8 Å². The van der Waals surface area contributed by atoms with E-state index in [9.17, 15) is 4.79 Å². The van der Waals surface area contributed by atoms with E-state index in [1.807, 2.05) is 11.8 Å². The Bertz CT molecular complexity index is 253. The van der Waals surface area contributed by atoms with Gasteiger partial charge in [-0.15, -0.1) is 23.5 Å². The Morgan fingerprint density at radius 3 is 2.94 bits per heavy atom. The van der Waals surface area contributed by atoms with E-state index in [0.29, 0.717) is 10.2 Å². The molecule has 0 spiro atoms. The molecule has 16 heavy (non-hydrogen) atoms. The maximum absolute atomic E-state index is 11.4. The van der Waals surface area contributed by atoms with E-state index < -0.39 is 0 Å². The molecule has 0 amide bonds. The largest absolute Gasteiger partial charge is 0.282 e. The predicted molar refractivity (Wildman–Crippen MR) is 79.4 cm³/mol.